The molecule has 1 atom stereocenters. The van der Waals surface area contributed by atoms with Crippen molar-refractivity contribution in [3.8, 4) is 0 Å². The second-order valence-corrected chi connectivity index (χ2v) is 6.54. The summed E-state index contributed by atoms with van der Waals surface area (Å²) in [7, 11) is 0. The minimum Gasteiger partial charge on any atom is -1.00 e. The SMILES string of the molecule is O=C(OCC1CC(C2=C3C=NC=C[NH+]3C=N2)C1)c1ccc([N+](=O)[O-])cc1.[Cl-]. The van der Waals surface area contributed by atoms with E-state index >= 15 is 0 Å². The van der Waals surface area contributed by atoms with Gasteiger partial charge < -0.3 is 17.1 Å². The molecule has 0 saturated heterocycles. The molecule has 140 valence electrons. The van der Waals surface area contributed by atoms with Crippen molar-refractivity contribution in [2.45, 2.75) is 12.8 Å². The number of allylic oxidation sites excluding steroid dienone is 2. The van der Waals surface area contributed by atoms with Crippen LogP contribution in [0.2, 0.25) is 0 Å². The molecule has 1 aliphatic carbocycles. The zero-order chi connectivity index (χ0) is 18.1. The Morgan fingerprint density at radius 3 is 2.74 bits per heavy atom. The van der Waals surface area contributed by atoms with Gasteiger partial charge in [0.2, 0.25) is 0 Å². The van der Waals surface area contributed by atoms with E-state index in [4.69, 9.17) is 4.74 Å². The smallest absolute Gasteiger partial charge is 0.338 e. The first kappa shape index (κ1) is 18.9. The molecule has 2 aliphatic heterocycles. The van der Waals surface area contributed by atoms with Gasteiger partial charge in [-0.1, -0.05) is 0 Å². The molecule has 2 heterocycles. The summed E-state index contributed by atoms with van der Waals surface area (Å²) in [5.74, 6) is 0.231. The third-order valence-corrected chi connectivity index (χ3v) is 4.86. The molecule has 1 unspecified atom stereocenters. The van der Waals surface area contributed by atoms with Crippen LogP contribution in [-0.2, 0) is 4.74 Å². The summed E-state index contributed by atoms with van der Waals surface area (Å²) in [6.45, 7) is 0.350. The van der Waals surface area contributed by atoms with E-state index in [-0.39, 0.29) is 18.1 Å². The van der Waals surface area contributed by atoms with E-state index < -0.39 is 10.9 Å². The Kier molecular flexibility index (Phi) is 5.48. The van der Waals surface area contributed by atoms with Crippen LogP contribution in [0.5, 0.6) is 0 Å². The number of rotatable bonds is 5. The van der Waals surface area contributed by atoms with E-state index in [1.165, 1.54) is 24.3 Å². The van der Waals surface area contributed by atoms with Crippen molar-refractivity contribution >= 4 is 24.2 Å². The highest BCUT2D eigenvalue weighted by Crippen LogP contribution is 2.40. The number of halogens is 1. The Hall–Kier alpha value is -2.84. The van der Waals surface area contributed by atoms with Gasteiger partial charge in [0.05, 0.1) is 29.5 Å². The molecule has 1 aromatic carbocycles. The number of nitrogens with zero attached hydrogens (tertiary/aromatic N) is 3. The van der Waals surface area contributed by atoms with Crippen molar-refractivity contribution in [3.05, 3.63) is 63.7 Å². The number of fused-ring (bicyclic) bond motifs is 1. The highest BCUT2D eigenvalue weighted by Gasteiger charge is 2.38. The molecule has 0 radical (unpaired) electrons. The summed E-state index contributed by atoms with van der Waals surface area (Å²) in [5, 5.41) is 10.6. The molecular formula is C18H17ClN4O4. The molecule has 0 bridgehead atoms. The number of benzene rings is 1. The van der Waals surface area contributed by atoms with Crippen molar-refractivity contribution in [3.63, 3.8) is 0 Å². The van der Waals surface area contributed by atoms with Crippen LogP contribution in [0.3, 0.4) is 0 Å². The lowest BCUT2D eigenvalue weighted by molar-refractivity contribution is -0.682. The molecule has 1 fully saturated rings. The number of carbonyl (C=O) groups is 1. The van der Waals surface area contributed by atoms with Crippen LogP contribution in [0.1, 0.15) is 23.2 Å². The number of hydrogen-bond donors (Lipinski definition) is 1. The van der Waals surface area contributed by atoms with Gasteiger partial charge in [-0.2, -0.15) is 0 Å². The molecule has 8 nitrogen and oxygen atoms in total. The van der Waals surface area contributed by atoms with E-state index in [0.29, 0.717) is 24.0 Å². The summed E-state index contributed by atoms with van der Waals surface area (Å²) in [5.41, 5.74) is 2.44. The number of ether oxygens (including phenoxy) is 1. The standard InChI is InChI=1S/C18H16N4O4.ClH/c23-18(13-1-3-15(4-2-13)22(24)25)26-10-12-7-14(8-12)17-16-9-19-5-6-21(16)11-20-17;/h1-6,9,11-12,14H,7-8,10H2;1H. The fraction of sp³-hybridized carbons (Fsp3) is 0.278. The topological polar surface area (TPSA) is 98.6 Å². The zero-order valence-electron chi connectivity index (χ0n) is 14.2. The normalized spacial score (nSPS) is 24.8. The number of carbonyl (C=O) groups excluding carboxylic acids is 1. The molecule has 1 saturated carbocycles. The maximum absolute atomic E-state index is 12.0. The second kappa shape index (κ2) is 7.81. The van der Waals surface area contributed by atoms with Crippen LogP contribution in [0.15, 0.2) is 58.0 Å². The Morgan fingerprint density at radius 2 is 2.04 bits per heavy atom. The Bertz CT molecular complexity index is 870. The van der Waals surface area contributed by atoms with E-state index in [1.807, 2.05) is 18.8 Å². The van der Waals surface area contributed by atoms with Crippen LogP contribution >= 0.6 is 0 Å². The summed E-state index contributed by atoms with van der Waals surface area (Å²) in [6.07, 6.45) is 9.28. The van der Waals surface area contributed by atoms with E-state index in [0.717, 1.165) is 29.1 Å². The highest BCUT2D eigenvalue weighted by atomic mass is 35.5. The quantitative estimate of drug-likeness (QED) is 0.376. The number of hydrogen-bond acceptors (Lipinski definition) is 6. The van der Waals surface area contributed by atoms with Crippen molar-refractivity contribution in [1.29, 1.82) is 0 Å². The van der Waals surface area contributed by atoms with Crippen LogP contribution in [0.4, 0.5) is 5.69 Å². The number of esters is 1. The molecule has 27 heavy (non-hydrogen) atoms. The number of nitro groups is 1. The maximum atomic E-state index is 12.0. The van der Waals surface area contributed by atoms with Crippen LogP contribution in [-0.4, -0.2) is 30.1 Å². The Labute approximate surface area is 161 Å². The first-order chi connectivity index (χ1) is 12.6. The number of non-ortho nitro benzene ring substituents is 1. The van der Waals surface area contributed by atoms with Gasteiger partial charge in [-0.15, -0.1) is 0 Å². The molecule has 3 aliphatic rings. The first-order valence-corrected chi connectivity index (χ1v) is 8.38. The van der Waals surface area contributed by atoms with Gasteiger partial charge in [0.25, 0.3) is 5.69 Å². The average molecular weight is 389 g/mol. The van der Waals surface area contributed by atoms with Gasteiger partial charge in [-0.05, 0) is 30.9 Å². The van der Waals surface area contributed by atoms with Gasteiger partial charge in [-0.25, -0.2) is 14.7 Å². The third kappa shape index (κ3) is 3.81. The summed E-state index contributed by atoms with van der Waals surface area (Å²) in [4.78, 5) is 32.0. The predicted octanol–water partition coefficient (Wildman–Crippen LogP) is -1.52. The van der Waals surface area contributed by atoms with E-state index in [1.54, 1.807) is 6.20 Å². The van der Waals surface area contributed by atoms with Crippen molar-refractivity contribution in [2.24, 2.45) is 21.8 Å². The summed E-state index contributed by atoms with van der Waals surface area (Å²) >= 11 is 0. The van der Waals surface area contributed by atoms with Gasteiger partial charge in [0.15, 0.2) is 12.0 Å². The minimum atomic E-state index is -0.500. The first-order valence-electron chi connectivity index (χ1n) is 8.38. The third-order valence-electron chi connectivity index (χ3n) is 4.86. The van der Waals surface area contributed by atoms with Crippen molar-refractivity contribution in [1.82, 2.24) is 0 Å². The molecule has 0 aromatic heterocycles. The zero-order valence-corrected chi connectivity index (χ0v) is 15.0. The molecule has 4 rings (SSSR count). The number of quaternary nitrogens is 1. The molecule has 1 aromatic rings. The van der Waals surface area contributed by atoms with E-state index in [9.17, 15) is 14.9 Å². The fourth-order valence-electron chi connectivity index (χ4n) is 3.36. The minimum absolute atomic E-state index is 0. The van der Waals surface area contributed by atoms with Crippen molar-refractivity contribution in [2.75, 3.05) is 6.61 Å². The lowest BCUT2D eigenvalue weighted by Crippen LogP contribution is -3.04. The molecule has 1 N–H and O–H groups in total. The number of nitrogens with one attached hydrogen (secondary N) is 1. The molecule has 9 heteroatoms. The Morgan fingerprint density at radius 1 is 1.30 bits per heavy atom. The lowest BCUT2D eigenvalue weighted by Gasteiger charge is -2.34. The van der Waals surface area contributed by atoms with Crippen LogP contribution in [0.25, 0.3) is 0 Å². The van der Waals surface area contributed by atoms with Crippen molar-refractivity contribution < 1.29 is 31.8 Å². The largest absolute Gasteiger partial charge is 1.00 e. The highest BCUT2D eigenvalue weighted by molar-refractivity contribution is 5.89. The summed E-state index contributed by atoms with van der Waals surface area (Å²) in [6, 6.07) is 5.43. The second-order valence-electron chi connectivity index (χ2n) is 6.54. The number of aliphatic imine (C=N–C) groups is 2. The lowest BCUT2D eigenvalue weighted by atomic mass is 9.73. The Balaban J connectivity index is 0.00000210. The van der Waals surface area contributed by atoms with Gasteiger partial charge >= 0.3 is 5.97 Å². The van der Waals surface area contributed by atoms with Gasteiger partial charge in [0, 0.05) is 18.1 Å². The average Bonchev–Trinajstić information content (AvgIpc) is 3.04. The maximum Gasteiger partial charge on any atom is 0.338 e. The molecule has 0 spiro atoms. The summed E-state index contributed by atoms with van der Waals surface area (Å²) < 4.78 is 5.34. The predicted molar refractivity (Wildman–Crippen MR) is 93.7 cm³/mol. The van der Waals surface area contributed by atoms with Crippen LogP contribution < -0.4 is 17.3 Å². The number of nitro benzene ring substituents is 1. The molecule has 0 amide bonds. The molecular weight excluding hydrogens is 372 g/mol. The monoisotopic (exact) mass is 388 g/mol. The van der Waals surface area contributed by atoms with E-state index in [2.05, 4.69) is 9.98 Å². The van der Waals surface area contributed by atoms with Gasteiger partial charge in [-0.3, -0.25) is 15.1 Å². The van der Waals surface area contributed by atoms with Gasteiger partial charge in [0.1, 0.15) is 11.9 Å². The van der Waals surface area contributed by atoms with Crippen LogP contribution in [0, 0.1) is 22.0 Å². The fourth-order valence-corrected chi connectivity index (χ4v) is 3.36.